The van der Waals surface area contributed by atoms with Crippen molar-refractivity contribution >= 4 is 24.2 Å². The number of esters is 3. The first-order valence-electron chi connectivity index (χ1n) is 12.3. The van der Waals surface area contributed by atoms with Crippen LogP contribution < -0.4 is 9.47 Å². The molecular formula is C32H24O8. The summed E-state index contributed by atoms with van der Waals surface area (Å²) in [4.78, 5) is 47.0. The Kier molecular flexibility index (Phi) is 6.92. The molecule has 200 valence electrons. The average molecular weight is 537 g/mol. The molecule has 0 aromatic heterocycles. The molecule has 4 aromatic rings. The zero-order valence-corrected chi connectivity index (χ0v) is 21.9. The summed E-state index contributed by atoms with van der Waals surface area (Å²) in [6.07, 6.45) is 0.593. The van der Waals surface area contributed by atoms with Gasteiger partial charge in [-0.15, -0.1) is 0 Å². The van der Waals surface area contributed by atoms with E-state index in [0.717, 1.165) is 11.1 Å². The second kappa shape index (κ2) is 10.5. The van der Waals surface area contributed by atoms with Crippen molar-refractivity contribution in [3.63, 3.8) is 0 Å². The van der Waals surface area contributed by atoms with E-state index in [1.807, 2.05) is 36.4 Å². The predicted octanol–water partition coefficient (Wildman–Crippen LogP) is 6.51. The summed E-state index contributed by atoms with van der Waals surface area (Å²) >= 11 is 0. The highest BCUT2D eigenvalue weighted by molar-refractivity contribution is 6.14. The Balaban J connectivity index is 1.38. The lowest BCUT2D eigenvalue weighted by atomic mass is 9.78. The molecule has 8 heteroatoms. The number of benzene rings is 4. The third-order valence-corrected chi connectivity index (χ3v) is 6.76. The third-order valence-electron chi connectivity index (χ3n) is 6.76. The van der Waals surface area contributed by atoms with Gasteiger partial charge in [0.2, 0.25) is 0 Å². The smallest absolute Gasteiger partial charge is 0.347 e. The second-order valence-electron chi connectivity index (χ2n) is 9.63. The monoisotopic (exact) mass is 536 g/mol. The van der Waals surface area contributed by atoms with Gasteiger partial charge < -0.3 is 18.9 Å². The van der Waals surface area contributed by atoms with Crippen LogP contribution in [-0.2, 0) is 14.9 Å². The maximum Gasteiger partial charge on any atom is 0.347 e. The molecule has 0 amide bonds. The van der Waals surface area contributed by atoms with E-state index >= 15 is 0 Å². The van der Waals surface area contributed by atoms with E-state index in [1.54, 1.807) is 24.3 Å². The van der Waals surface area contributed by atoms with E-state index in [1.165, 1.54) is 31.4 Å². The Morgan fingerprint density at radius 2 is 1.27 bits per heavy atom. The number of cyclic esters (lactones) is 2. The molecule has 0 saturated carbocycles. The lowest BCUT2D eigenvalue weighted by molar-refractivity contribution is 0.0442. The Morgan fingerprint density at radius 1 is 0.725 bits per heavy atom. The van der Waals surface area contributed by atoms with Crippen LogP contribution in [-0.4, -0.2) is 31.3 Å². The summed E-state index contributed by atoms with van der Waals surface area (Å²) in [5.74, 6) is -0.0859. The first kappa shape index (κ1) is 26.4. The molecule has 0 atom stereocenters. The molecule has 0 bridgehead atoms. The van der Waals surface area contributed by atoms with Crippen LogP contribution in [0.5, 0.6) is 23.0 Å². The Bertz CT molecular complexity index is 1670. The number of hydrogen-bond donors (Lipinski definition) is 0. The van der Waals surface area contributed by atoms with Crippen molar-refractivity contribution in [1.29, 1.82) is 0 Å². The first-order valence-corrected chi connectivity index (χ1v) is 12.3. The molecule has 0 radical (unpaired) electrons. The number of carbonyl (C=O) groups excluding carboxylic acids is 4. The van der Waals surface area contributed by atoms with Crippen LogP contribution in [0.2, 0.25) is 0 Å². The quantitative estimate of drug-likeness (QED) is 0.143. The molecule has 1 aliphatic rings. The van der Waals surface area contributed by atoms with Gasteiger partial charge in [0.15, 0.2) is 6.29 Å². The zero-order valence-electron chi connectivity index (χ0n) is 21.9. The molecule has 5 rings (SSSR count). The van der Waals surface area contributed by atoms with Crippen molar-refractivity contribution < 1.29 is 38.1 Å². The predicted molar refractivity (Wildman–Crippen MR) is 145 cm³/mol. The zero-order chi connectivity index (χ0) is 28.4. The minimum absolute atomic E-state index is 0.121. The number of aldehydes is 1. The minimum Gasteiger partial charge on any atom is -0.465 e. The van der Waals surface area contributed by atoms with Crippen molar-refractivity contribution in [1.82, 2.24) is 0 Å². The number of methoxy groups -OCH3 is 1. The van der Waals surface area contributed by atoms with Gasteiger partial charge in [-0.2, -0.15) is 0 Å². The molecule has 0 saturated heterocycles. The molecule has 0 N–H and O–H groups in total. The van der Waals surface area contributed by atoms with Gasteiger partial charge in [-0.1, -0.05) is 38.1 Å². The van der Waals surface area contributed by atoms with E-state index in [4.69, 9.17) is 14.2 Å². The van der Waals surface area contributed by atoms with Crippen LogP contribution in [0.25, 0.3) is 0 Å². The highest BCUT2D eigenvalue weighted by Gasteiger charge is 2.30. The number of fused-ring (bicyclic) bond motifs is 1. The summed E-state index contributed by atoms with van der Waals surface area (Å²) < 4.78 is 21.5. The van der Waals surface area contributed by atoms with Crippen molar-refractivity contribution in [3.8, 4) is 23.0 Å². The maximum absolute atomic E-state index is 12.1. The van der Waals surface area contributed by atoms with Gasteiger partial charge in [-0.3, -0.25) is 4.79 Å². The molecular weight excluding hydrogens is 512 g/mol. The normalized spacial score (nSPS) is 12.4. The Labute approximate surface area is 230 Å². The van der Waals surface area contributed by atoms with Crippen molar-refractivity contribution in [2.24, 2.45) is 0 Å². The fourth-order valence-corrected chi connectivity index (χ4v) is 4.45. The van der Waals surface area contributed by atoms with Crippen molar-refractivity contribution in [2.45, 2.75) is 19.3 Å². The second-order valence-corrected chi connectivity index (χ2v) is 9.63. The molecule has 0 fully saturated rings. The molecule has 0 unspecified atom stereocenters. The summed E-state index contributed by atoms with van der Waals surface area (Å²) in [5.41, 5.74) is 2.18. The van der Waals surface area contributed by atoms with Gasteiger partial charge in [-0.05, 0) is 71.8 Å². The van der Waals surface area contributed by atoms with Crippen molar-refractivity contribution in [3.05, 3.63) is 118 Å². The summed E-state index contributed by atoms with van der Waals surface area (Å²) in [5, 5.41) is 0. The Morgan fingerprint density at radius 3 is 1.88 bits per heavy atom. The van der Waals surface area contributed by atoms with E-state index in [9.17, 15) is 19.2 Å². The lowest BCUT2D eigenvalue weighted by Crippen LogP contribution is -2.18. The highest BCUT2D eigenvalue weighted by Crippen LogP contribution is 2.37. The van der Waals surface area contributed by atoms with Crippen LogP contribution in [0.1, 0.15) is 66.4 Å². The van der Waals surface area contributed by atoms with Crippen LogP contribution in [0.4, 0.5) is 0 Å². The number of hydrogen-bond acceptors (Lipinski definition) is 8. The highest BCUT2D eigenvalue weighted by atomic mass is 16.6. The molecule has 1 aliphatic heterocycles. The fourth-order valence-electron chi connectivity index (χ4n) is 4.45. The number of rotatable bonds is 8. The van der Waals surface area contributed by atoms with Crippen LogP contribution >= 0.6 is 0 Å². The first-order chi connectivity index (χ1) is 19.2. The lowest BCUT2D eigenvalue weighted by Gasteiger charge is -2.27. The average Bonchev–Trinajstić information content (AvgIpc) is 3.25. The van der Waals surface area contributed by atoms with E-state index in [0.29, 0.717) is 29.3 Å². The van der Waals surface area contributed by atoms with Gasteiger partial charge in [0.05, 0.1) is 23.8 Å². The molecule has 40 heavy (non-hydrogen) atoms. The van der Waals surface area contributed by atoms with Gasteiger partial charge in [0.25, 0.3) is 0 Å². The Hall–Kier alpha value is -5.24. The standard InChI is InChI=1S/C32H24O8/c1-32(2,20-6-4-8-22(14-20)38-24-11-10-19(18-33)27(16-24)29(34)37-3)21-7-5-9-23(15-21)39-25-12-13-26-28(17-25)31(36)40-30(26)35/h4-18H,1-3H3. The molecule has 0 aliphatic carbocycles. The van der Waals surface area contributed by atoms with E-state index in [-0.39, 0.29) is 22.3 Å². The van der Waals surface area contributed by atoms with E-state index in [2.05, 4.69) is 18.6 Å². The van der Waals surface area contributed by atoms with Crippen LogP contribution in [0.3, 0.4) is 0 Å². The van der Waals surface area contributed by atoms with Gasteiger partial charge in [0, 0.05) is 11.0 Å². The number of carbonyl (C=O) groups is 4. The topological polar surface area (TPSA) is 105 Å². The van der Waals surface area contributed by atoms with Crippen LogP contribution in [0, 0.1) is 0 Å². The largest absolute Gasteiger partial charge is 0.465 e. The SMILES string of the molecule is COC(=O)c1cc(Oc2cccc(C(C)(C)c3cccc(Oc4ccc5c(c4)C(=O)OC5=O)c3)c2)ccc1C=O. The minimum atomic E-state index is -0.691. The maximum atomic E-state index is 12.1. The van der Waals surface area contributed by atoms with Crippen LogP contribution in [0.15, 0.2) is 84.9 Å². The van der Waals surface area contributed by atoms with Crippen molar-refractivity contribution in [2.75, 3.05) is 7.11 Å². The summed E-state index contributed by atoms with van der Waals surface area (Å²) in [6.45, 7) is 4.13. The summed E-state index contributed by atoms with van der Waals surface area (Å²) in [6, 6.07) is 24.4. The molecule has 4 aromatic carbocycles. The molecule has 1 heterocycles. The molecule has 0 spiro atoms. The summed E-state index contributed by atoms with van der Waals surface area (Å²) in [7, 11) is 1.25. The van der Waals surface area contributed by atoms with E-state index < -0.39 is 23.3 Å². The third kappa shape index (κ3) is 5.07. The van der Waals surface area contributed by atoms with Gasteiger partial charge in [-0.25, -0.2) is 14.4 Å². The van der Waals surface area contributed by atoms with Gasteiger partial charge in [0.1, 0.15) is 23.0 Å². The molecule has 8 nitrogen and oxygen atoms in total. The number of ether oxygens (including phenoxy) is 4. The van der Waals surface area contributed by atoms with Gasteiger partial charge >= 0.3 is 17.9 Å². The fraction of sp³-hybridized carbons (Fsp3) is 0.125.